The van der Waals surface area contributed by atoms with E-state index in [1.54, 1.807) is 38.1 Å². The van der Waals surface area contributed by atoms with Gasteiger partial charge >= 0.3 is 5.97 Å². The number of esters is 1. The molecule has 0 saturated heterocycles. The molecule has 4 aromatic rings. The van der Waals surface area contributed by atoms with Gasteiger partial charge in [0.25, 0.3) is 5.71 Å². The van der Waals surface area contributed by atoms with E-state index >= 15 is 0 Å². The number of nitrogens with one attached hydrogen (secondary N) is 1. The molecule has 0 spiro atoms. The van der Waals surface area contributed by atoms with Crippen LogP contribution in [0.2, 0.25) is 0 Å². The zero-order valence-electron chi connectivity index (χ0n) is 18.4. The molecule has 0 fully saturated rings. The first-order chi connectivity index (χ1) is 16.4. The lowest BCUT2D eigenvalue weighted by atomic mass is 10.1. The monoisotopic (exact) mass is 461 g/mol. The van der Waals surface area contributed by atoms with Crippen LogP contribution in [-0.4, -0.2) is 34.4 Å². The fraction of sp³-hybridized carbons (Fsp3) is 0.160. The van der Waals surface area contributed by atoms with E-state index in [9.17, 15) is 18.8 Å². The predicted octanol–water partition coefficient (Wildman–Crippen LogP) is 4.73. The second-order valence-electron chi connectivity index (χ2n) is 7.49. The Hall–Kier alpha value is -4.40. The van der Waals surface area contributed by atoms with Crippen LogP contribution in [0.1, 0.15) is 39.8 Å². The number of Topliss-reactive ketones (excluding diaryl/α,β-unsaturated/α-hetero) is 1. The van der Waals surface area contributed by atoms with Crippen molar-refractivity contribution in [1.29, 1.82) is 0 Å². The van der Waals surface area contributed by atoms with E-state index in [-0.39, 0.29) is 17.2 Å². The number of benzene rings is 2. The van der Waals surface area contributed by atoms with Crippen LogP contribution in [0.5, 0.6) is 0 Å². The number of carbonyl (C=O) groups is 3. The fourth-order valence-corrected chi connectivity index (χ4v) is 3.31. The highest BCUT2D eigenvalue weighted by Gasteiger charge is 2.21. The van der Waals surface area contributed by atoms with Gasteiger partial charge in [0.1, 0.15) is 5.82 Å². The maximum Gasteiger partial charge on any atom is 0.339 e. The summed E-state index contributed by atoms with van der Waals surface area (Å²) < 4.78 is 23.8. The molecule has 9 heteroatoms. The molecule has 34 heavy (non-hydrogen) atoms. The molecule has 0 unspecified atom stereocenters. The number of rotatable bonds is 7. The van der Waals surface area contributed by atoms with E-state index in [4.69, 9.17) is 9.26 Å². The maximum atomic E-state index is 13.3. The van der Waals surface area contributed by atoms with Gasteiger partial charge in [-0.3, -0.25) is 9.59 Å². The van der Waals surface area contributed by atoms with E-state index in [1.165, 1.54) is 30.3 Å². The quantitative estimate of drug-likeness (QED) is 0.313. The van der Waals surface area contributed by atoms with Crippen molar-refractivity contribution in [2.45, 2.75) is 20.3 Å². The first-order valence-electron chi connectivity index (χ1n) is 10.5. The van der Waals surface area contributed by atoms with Gasteiger partial charge in [-0.2, -0.15) is 0 Å². The van der Waals surface area contributed by atoms with Crippen LogP contribution in [0.15, 0.2) is 59.1 Å². The van der Waals surface area contributed by atoms with Crippen LogP contribution in [0.25, 0.3) is 22.4 Å². The third kappa shape index (κ3) is 4.83. The molecule has 2 heterocycles. The summed E-state index contributed by atoms with van der Waals surface area (Å²) >= 11 is 0. The van der Waals surface area contributed by atoms with Crippen molar-refractivity contribution in [3.05, 3.63) is 77.2 Å². The standard InChI is InChI=1S/C25H20FN3O5/c1-3-22(31)27-18-10-6-16(7-11-18)21(30)13-33-25(32)19-12-20(15-4-8-17(26)9-5-15)28-24-23(19)14(2)29-34-24/h4-12H,3,13H2,1-2H3,(H,27,31). The second kappa shape index (κ2) is 9.62. The minimum atomic E-state index is -0.748. The summed E-state index contributed by atoms with van der Waals surface area (Å²) in [6.07, 6.45) is 0.341. The largest absolute Gasteiger partial charge is 0.454 e. The lowest BCUT2D eigenvalue weighted by molar-refractivity contribution is -0.115. The highest BCUT2D eigenvalue weighted by atomic mass is 19.1. The van der Waals surface area contributed by atoms with Gasteiger partial charge in [0.05, 0.1) is 22.3 Å². The molecular formula is C25H20FN3O5. The zero-order valence-corrected chi connectivity index (χ0v) is 18.4. The van der Waals surface area contributed by atoms with Crippen molar-refractivity contribution in [3.8, 4) is 11.3 Å². The van der Waals surface area contributed by atoms with Crippen LogP contribution in [0, 0.1) is 12.7 Å². The molecule has 0 aliphatic heterocycles. The van der Waals surface area contributed by atoms with Crippen LogP contribution >= 0.6 is 0 Å². The van der Waals surface area contributed by atoms with Gasteiger partial charge < -0.3 is 14.6 Å². The molecule has 1 N–H and O–H groups in total. The van der Waals surface area contributed by atoms with Gasteiger partial charge in [-0.15, -0.1) is 0 Å². The van der Waals surface area contributed by atoms with Crippen molar-refractivity contribution in [2.75, 3.05) is 11.9 Å². The molecule has 8 nitrogen and oxygen atoms in total. The zero-order chi connectivity index (χ0) is 24.2. The third-order valence-electron chi connectivity index (χ3n) is 5.12. The highest BCUT2D eigenvalue weighted by molar-refractivity contribution is 6.06. The van der Waals surface area contributed by atoms with E-state index < -0.39 is 24.2 Å². The Labute approximate surface area is 193 Å². The molecule has 4 rings (SSSR count). The van der Waals surface area contributed by atoms with Gasteiger partial charge in [-0.25, -0.2) is 14.2 Å². The number of aryl methyl sites for hydroxylation is 1. The molecule has 2 aromatic heterocycles. The molecule has 0 bridgehead atoms. The molecule has 0 aliphatic carbocycles. The highest BCUT2D eigenvalue weighted by Crippen LogP contribution is 2.27. The molecular weight excluding hydrogens is 441 g/mol. The number of carbonyl (C=O) groups excluding carboxylic acids is 3. The normalized spacial score (nSPS) is 10.8. The minimum absolute atomic E-state index is 0.127. The predicted molar refractivity (Wildman–Crippen MR) is 122 cm³/mol. The Morgan fingerprint density at radius 2 is 1.76 bits per heavy atom. The average molecular weight is 461 g/mol. The summed E-state index contributed by atoms with van der Waals surface area (Å²) in [6, 6.07) is 13.4. The molecule has 0 radical (unpaired) electrons. The molecule has 0 aliphatic rings. The van der Waals surface area contributed by atoms with Crippen molar-refractivity contribution in [3.63, 3.8) is 0 Å². The maximum absolute atomic E-state index is 13.3. The lowest BCUT2D eigenvalue weighted by Crippen LogP contribution is -2.15. The Morgan fingerprint density at radius 3 is 2.44 bits per heavy atom. The minimum Gasteiger partial charge on any atom is -0.454 e. The lowest BCUT2D eigenvalue weighted by Gasteiger charge is -2.08. The number of aromatic nitrogens is 2. The second-order valence-corrected chi connectivity index (χ2v) is 7.49. The average Bonchev–Trinajstić information content (AvgIpc) is 3.23. The Kier molecular flexibility index (Phi) is 6.44. The van der Waals surface area contributed by atoms with Crippen LogP contribution < -0.4 is 5.32 Å². The Morgan fingerprint density at radius 1 is 1.06 bits per heavy atom. The first-order valence-corrected chi connectivity index (χ1v) is 10.5. The fourth-order valence-electron chi connectivity index (χ4n) is 3.31. The van der Waals surface area contributed by atoms with E-state index in [2.05, 4.69) is 15.5 Å². The number of nitrogens with zero attached hydrogens (tertiary/aromatic N) is 2. The van der Waals surface area contributed by atoms with Crippen molar-refractivity contribution < 1.29 is 28.0 Å². The van der Waals surface area contributed by atoms with Gasteiger partial charge in [0.2, 0.25) is 5.91 Å². The summed E-state index contributed by atoms with van der Waals surface area (Å²) in [6.45, 7) is 2.91. The van der Waals surface area contributed by atoms with Crippen molar-refractivity contribution in [2.24, 2.45) is 0 Å². The Balaban J connectivity index is 1.53. The topological polar surface area (TPSA) is 111 Å². The van der Waals surface area contributed by atoms with E-state index in [0.717, 1.165) is 0 Å². The molecule has 2 aromatic carbocycles. The van der Waals surface area contributed by atoms with Gasteiger partial charge in [0, 0.05) is 23.2 Å². The summed E-state index contributed by atoms with van der Waals surface area (Å²) in [5.41, 5.74) is 2.53. The SMILES string of the molecule is CCC(=O)Nc1ccc(C(=O)COC(=O)c2cc(-c3ccc(F)cc3)nc3onc(C)c23)cc1. The number of ether oxygens (including phenoxy) is 1. The van der Waals surface area contributed by atoms with Crippen molar-refractivity contribution in [1.82, 2.24) is 10.1 Å². The first kappa shape index (κ1) is 22.8. The third-order valence-corrected chi connectivity index (χ3v) is 5.12. The Bertz CT molecular complexity index is 1380. The number of pyridine rings is 1. The van der Waals surface area contributed by atoms with Crippen LogP contribution in [0.3, 0.4) is 0 Å². The number of hydrogen-bond donors (Lipinski definition) is 1. The van der Waals surface area contributed by atoms with Crippen molar-refractivity contribution >= 4 is 34.4 Å². The van der Waals surface area contributed by atoms with Crippen LogP contribution in [-0.2, 0) is 9.53 Å². The summed E-state index contributed by atoms with van der Waals surface area (Å²) in [5, 5.41) is 6.93. The van der Waals surface area contributed by atoms with Crippen LogP contribution in [0.4, 0.5) is 10.1 Å². The van der Waals surface area contributed by atoms with Gasteiger partial charge in [0.15, 0.2) is 12.4 Å². The van der Waals surface area contributed by atoms with Gasteiger partial charge in [-0.1, -0.05) is 12.1 Å². The number of amides is 1. The molecule has 172 valence electrons. The number of halogens is 1. The smallest absolute Gasteiger partial charge is 0.339 e. The summed E-state index contributed by atoms with van der Waals surface area (Å²) in [4.78, 5) is 41.3. The van der Waals surface area contributed by atoms with E-state index in [0.29, 0.717) is 40.0 Å². The number of anilines is 1. The number of fused-ring (bicyclic) bond motifs is 1. The van der Waals surface area contributed by atoms with E-state index in [1.807, 2.05) is 0 Å². The molecule has 0 atom stereocenters. The summed E-state index contributed by atoms with van der Waals surface area (Å²) in [7, 11) is 0. The number of ketones is 1. The summed E-state index contributed by atoms with van der Waals surface area (Å²) in [5.74, 6) is -1.70. The van der Waals surface area contributed by atoms with Gasteiger partial charge in [-0.05, 0) is 61.5 Å². The molecule has 1 amide bonds. The molecule has 0 saturated carbocycles. The number of hydrogen-bond acceptors (Lipinski definition) is 7.